The van der Waals surface area contributed by atoms with Crippen molar-refractivity contribution in [3.63, 3.8) is 0 Å². The van der Waals surface area contributed by atoms with Crippen molar-refractivity contribution in [2.24, 2.45) is 0 Å². The molecule has 0 fully saturated rings. The van der Waals surface area contributed by atoms with Crippen molar-refractivity contribution in [2.75, 3.05) is 52.8 Å². The molecule has 8 nitrogen and oxygen atoms in total. The molecule has 1 amide bonds. The molecule has 154 valence electrons. The molecule has 0 aliphatic carbocycles. The molecule has 1 aromatic rings. The predicted molar refractivity (Wildman–Crippen MR) is 100 cm³/mol. The van der Waals surface area contributed by atoms with E-state index in [4.69, 9.17) is 23.7 Å². The summed E-state index contributed by atoms with van der Waals surface area (Å²) >= 11 is 0. The summed E-state index contributed by atoms with van der Waals surface area (Å²) < 4.78 is 26.6. The van der Waals surface area contributed by atoms with Crippen LogP contribution in [0.15, 0.2) is 24.3 Å². The number of phenols is 1. The molecule has 0 radical (unpaired) electrons. The van der Waals surface area contributed by atoms with Gasteiger partial charge in [0, 0.05) is 12.6 Å². The molecule has 0 aliphatic rings. The molecule has 0 aliphatic heterocycles. The minimum absolute atomic E-state index is 0.171. The second-order valence-electron chi connectivity index (χ2n) is 6.61. The lowest BCUT2D eigenvalue weighted by molar-refractivity contribution is 0.00904. The molecule has 2 N–H and O–H groups in total. The van der Waals surface area contributed by atoms with Crippen LogP contribution in [-0.4, -0.2) is 69.6 Å². The highest BCUT2D eigenvalue weighted by Gasteiger charge is 2.15. The van der Waals surface area contributed by atoms with Gasteiger partial charge < -0.3 is 34.1 Å². The van der Waals surface area contributed by atoms with Crippen molar-refractivity contribution < 1.29 is 33.6 Å². The van der Waals surface area contributed by atoms with E-state index in [2.05, 4.69) is 5.32 Å². The Hall–Kier alpha value is -2.03. The Labute approximate surface area is 160 Å². The van der Waals surface area contributed by atoms with Crippen LogP contribution in [0.3, 0.4) is 0 Å². The minimum atomic E-state index is -0.502. The summed E-state index contributed by atoms with van der Waals surface area (Å²) in [5, 5.41) is 11.9. The van der Waals surface area contributed by atoms with Gasteiger partial charge in [0.25, 0.3) is 0 Å². The number of carbonyl (C=O) groups excluding carboxylic acids is 1. The quantitative estimate of drug-likeness (QED) is 0.503. The van der Waals surface area contributed by atoms with Gasteiger partial charge in [-0.05, 0) is 32.9 Å². The topological polar surface area (TPSA) is 95.5 Å². The second-order valence-corrected chi connectivity index (χ2v) is 6.61. The molecule has 27 heavy (non-hydrogen) atoms. The third kappa shape index (κ3) is 13.8. The summed E-state index contributed by atoms with van der Waals surface area (Å²) in [6.07, 6.45) is -0.451. The van der Waals surface area contributed by atoms with Crippen LogP contribution in [0.2, 0.25) is 0 Å². The van der Waals surface area contributed by atoms with Crippen LogP contribution >= 0.6 is 0 Å². The van der Waals surface area contributed by atoms with Gasteiger partial charge in [0.15, 0.2) is 0 Å². The number of nitrogens with one attached hydrogen (secondary N) is 1. The maximum Gasteiger partial charge on any atom is 0.407 e. The molecule has 0 unspecified atom stereocenters. The van der Waals surface area contributed by atoms with E-state index in [1.54, 1.807) is 24.3 Å². The lowest BCUT2D eigenvalue weighted by Gasteiger charge is -2.19. The monoisotopic (exact) mass is 385 g/mol. The zero-order valence-corrected chi connectivity index (χ0v) is 16.4. The van der Waals surface area contributed by atoms with E-state index in [0.717, 1.165) is 0 Å². The summed E-state index contributed by atoms with van der Waals surface area (Å²) in [5.41, 5.74) is -0.502. The average molecular weight is 385 g/mol. The van der Waals surface area contributed by atoms with Gasteiger partial charge in [0.1, 0.15) is 23.7 Å². The Bertz CT molecular complexity index is 531. The fraction of sp³-hybridized carbons (Fsp3) is 0.632. The van der Waals surface area contributed by atoms with Crippen LogP contribution in [0.5, 0.6) is 11.5 Å². The van der Waals surface area contributed by atoms with E-state index in [0.29, 0.717) is 58.5 Å². The highest BCUT2D eigenvalue weighted by molar-refractivity contribution is 5.67. The number of amides is 1. The number of carbonyl (C=O) groups is 1. The summed E-state index contributed by atoms with van der Waals surface area (Å²) in [6.45, 7) is 8.87. The molecule has 0 heterocycles. The molecule has 0 atom stereocenters. The van der Waals surface area contributed by atoms with Gasteiger partial charge in [-0.3, -0.25) is 0 Å². The standard InChI is InChI=1S/C19H31NO7/c1-19(2,3)27-18(22)20-7-8-23-9-10-24-11-12-25-13-14-26-17-6-4-5-16(21)15-17/h4-6,15,21H,7-14H2,1-3H3,(H,20,22). The van der Waals surface area contributed by atoms with Gasteiger partial charge in [0.05, 0.1) is 39.6 Å². The average Bonchev–Trinajstić information content (AvgIpc) is 2.57. The van der Waals surface area contributed by atoms with E-state index in [1.807, 2.05) is 20.8 Å². The van der Waals surface area contributed by atoms with Crippen LogP contribution in [0.4, 0.5) is 4.79 Å². The highest BCUT2D eigenvalue weighted by Crippen LogP contribution is 2.17. The van der Waals surface area contributed by atoms with Crippen molar-refractivity contribution in [3.8, 4) is 11.5 Å². The number of alkyl carbamates (subject to hydrolysis) is 1. The first kappa shape index (κ1) is 23.0. The lowest BCUT2D eigenvalue weighted by Crippen LogP contribution is -2.34. The van der Waals surface area contributed by atoms with E-state index >= 15 is 0 Å². The van der Waals surface area contributed by atoms with Crippen LogP contribution in [-0.2, 0) is 18.9 Å². The third-order valence-corrected chi connectivity index (χ3v) is 2.97. The maximum absolute atomic E-state index is 11.4. The van der Waals surface area contributed by atoms with Crippen LogP contribution in [0.1, 0.15) is 20.8 Å². The number of aromatic hydroxyl groups is 1. The van der Waals surface area contributed by atoms with Crippen molar-refractivity contribution in [3.05, 3.63) is 24.3 Å². The van der Waals surface area contributed by atoms with Crippen LogP contribution < -0.4 is 10.1 Å². The number of rotatable bonds is 13. The van der Waals surface area contributed by atoms with Crippen molar-refractivity contribution in [1.29, 1.82) is 0 Å². The molecule has 1 rings (SSSR count). The Morgan fingerprint density at radius 3 is 2.15 bits per heavy atom. The minimum Gasteiger partial charge on any atom is -0.508 e. The summed E-state index contributed by atoms with van der Waals surface area (Å²) in [4.78, 5) is 11.4. The van der Waals surface area contributed by atoms with Gasteiger partial charge in [-0.1, -0.05) is 6.07 Å². The van der Waals surface area contributed by atoms with Crippen LogP contribution in [0.25, 0.3) is 0 Å². The normalized spacial score (nSPS) is 11.2. The zero-order chi connectivity index (χ0) is 20.0. The number of phenolic OH excluding ortho intramolecular Hbond substituents is 1. The number of hydrogen-bond donors (Lipinski definition) is 2. The molecule has 0 bridgehead atoms. The molecule has 0 aromatic heterocycles. The summed E-state index contributed by atoms with van der Waals surface area (Å²) in [5.74, 6) is 0.776. The van der Waals surface area contributed by atoms with E-state index < -0.39 is 11.7 Å². The third-order valence-electron chi connectivity index (χ3n) is 2.97. The first-order valence-electron chi connectivity index (χ1n) is 8.99. The molecule has 0 saturated carbocycles. The Balaban J connectivity index is 1.82. The fourth-order valence-corrected chi connectivity index (χ4v) is 1.87. The van der Waals surface area contributed by atoms with Gasteiger partial charge in [0.2, 0.25) is 0 Å². The summed E-state index contributed by atoms with van der Waals surface area (Å²) in [7, 11) is 0. The molecule has 1 aromatic carbocycles. The first-order valence-corrected chi connectivity index (χ1v) is 8.99. The Morgan fingerprint density at radius 2 is 1.56 bits per heavy atom. The van der Waals surface area contributed by atoms with E-state index in [-0.39, 0.29) is 5.75 Å². The molecule has 8 heteroatoms. The van der Waals surface area contributed by atoms with Crippen molar-refractivity contribution in [2.45, 2.75) is 26.4 Å². The Morgan fingerprint density at radius 1 is 0.963 bits per heavy atom. The smallest absolute Gasteiger partial charge is 0.407 e. The highest BCUT2D eigenvalue weighted by atomic mass is 16.6. The predicted octanol–water partition coefficient (Wildman–Crippen LogP) is 2.35. The number of hydrogen-bond acceptors (Lipinski definition) is 7. The van der Waals surface area contributed by atoms with Gasteiger partial charge >= 0.3 is 6.09 Å². The van der Waals surface area contributed by atoms with Crippen molar-refractivity contribution >= 4 is 6.09 Å². The fourth-order valence-electron chi connectivity index (χ4n) is 1.87. The molecular formula is C19H31NO7. The SMILES string of the molecule is CC(C)(C)OC(=O)NCCOCCOCCOCCOc1cccc(O)c1. The van der Waals surface area contributed by atoms with Gasteiger partial charge in [-0.25, -0.2) is 4.79 Å². The van der Waals surface area contributed by atoms with E-state index in [1.165, 1.54) is 0 Å². The second kappa shape index (κ2) is 13.2. The van der Waals surface area contributed by atoms with Gasteiger partial charge in [-0.2, -0.15) is 0 Å². The van der Waals surface area contributed by atoms with Crippen molar-refractivity contribution in [1.82, 2.24) is 5.32 Å². The Kier molecular flexibility index (Phi) is 11.2. The summed E-state index contributed by atoms with van der Waals surface area (Å²) in [6, 6.07) is 6.62. The maximum atomic E-state index is 11.4. The first-order chi connectivity index (χ1) is 12.9. The largest absolute Gasteiger partial charge is 0.508 e. The van der Waals surface area contributed by atoms with Crippen LogP contribution in [0, 0.1) is 0 Å². The number of benzene rings is 1. The lowest BCUT2D eigenvalue weighted by atomic mass is 10.2. The molecule has 0 spiro atoms. The number of ether oxygens (including phenoxy) is 5. The molecule has 0 saturated heterocycles. The van der Waals surface area contributed by atoms with E-state index in [9.17, 15) is 9.90 Å². The van der Waals surface area contributed by atoms with Gasteiger partial charge in [-0.15, -0.1) is 0 Å². The zero-order valence-electron chi connectivity index (χ0n) is 16.4. The molecular weight excluding hydrogens is 354 g/mol.